The van der Waals surface area contributed by atoms with Crippen molar-refractivity contribution in [1.29, 1.82) is 0 Å². The maximum atomic E-state index is 5.71. The summed E-state index contributed by atoms with van der Waals surface area (Å²) in [7, 11) is 0. The Labute approximate surface area is 82.0 Å². The molecule has 0 atom stereocenters. The molecule has 2 aromatic rings. The predicted octanol–water partition coefficient (Wildman–Crippen LogP) is 0.979. The van der Waals surface area contributed by atoms with E-state index in [1.165, 1.54) is 0 Å². The quantitative estimate of drug-likeness (QED) is 0.699. The Bertz CT molecular complexity index is 479. The maximum Gasteiger partial charge on any atom is 0.127 e. The number of rotatable bonds is 1. The summed E-state index contributed by atoms with van der Waals surface area (Å²) in [6.45, 7) is 2.39. The van der Waals surface area contributed by atoms with E-state index in [9.17, 15) is 0 Å². The van der Waals surface area contributed by atoms with Crippen LogP contribution in [0.3, 0.4) is 0 Å². The van der Waals surface area contributed by atoms with Crippen molar-refractivity contribution in [1.82, 2.24) is 9.97 Å². The summed E-state index contributed by atoms with van der Waals surface area (Å²) in [6, 6.07) is 3.84. The van der Waals surface area contributed by atoms with Gasteiger partial charge in [0.2, 0.25) is 0 Å². The average Bonchev–Trinajstić information content (AvgIpc) is 2.19. The Hall–Kier alpha value is -1.68. The van der Waals surface area contributed by atoms with Crippen molar-refractivity contribution in [2.45, 2.75) is 13.5 Å². The van der Waals surface area contributed by atoms with Gasteiger partial charge in [-0.3, -0.25) is 4.98 Å². The molecule has 0 spiro atoms. The normalized spacial score (nSPS) is 10.7. The summed E-state index contributed by atoms with van der Waals surface area (Å²) >= 11 is 0. The second-order valence-corrected chi connectivity index (χ2v) is 3.28. The van der Waals surface area contributed by atoms with E-state index in [0.29, 0.717) is 12.4 Å². The lowest BCUT2D eigenvalue weighted by Gasteiger charge is -2.03. The van der Waals surface area contributed by atoms with Gasteiger partial charge in [-0.1, -0.05) is 0 Å². The van der Waals surface area contributed by atoms with Gasteiger partial charge in [0.1, 0.15) is 5.82 Å². The Balaban J connectivity index is 2.70. The van der Waals surface area contributed by atoms with Crippen LogP contribution < -0.4 is 11.5 Å². The molecule has 2 aromatic heterocycles. The molecule has 0 aromatic carbocycles. The van der Waals surface area contributed by atoms with Crippen LogP contribution in [0.4, 0.5) is 5.82 Å². The second-order valence-electron chi connectivity index (χ2n) is 3.28. The first kappa shape index (κ1) is 8.90. The Kier molecular flexibility index (Phi) is 2.05. The number of fused-ring (bicyclic) bond motifs is 1. The first-order valence-corrected chi connectivity index (χ1v) is 4.42. The van der Waals surface area contributed by atoms with Crippen LogP contribution in [0.25, 0.3) is 11.0 Å². The zero-order valence-corrected chi connectivity index (χ0v) is 7.99. The molecule has 0 amide bonds. The number of anilines is 1. The molecule has 0 saturated carbocycles. The van der Waals surface area contributed by atoms with Crippen LogP contribution in [-0.4, -0.2) is 9.97 Å². The van der Waals surface area contributed by atoms with Crippen LogP contribution in [0.1, 0.15) is 11.1 Å². The lowest BCUT2D eigenvalue weighted by atomic mass is 10.2. The average molecular weight is 188 g/mol. The third-order valence-electron chi connectivity index (χ3n) is 2.19. The molecule has 0 bridgehead atoms. The molecule has 0 aliphatic heterocycles. The minimum atomic E-state index is 0.471. The number of nitrogen functional groups attached to an aromatic ring is 1. The number of aromatic nitrogens is 2. The van der Waals surface area contributed by atoms with E-state index in [0.717, 1.165) is 22.2 Å². The summed E-state index contributed by atoms with van der Waals surface area (Å²) in [5.41, 5.74) is 14.8. The highest BCUT2D eigenvalue weighted by atomic mass is 14.9. The van der Waals surface area contributed by atoms with Gasteiger partial charge in [-0.2, -0.15) is 0 Å². The van der Waals surface area contributed by atoms with Crippen LogP contribution >= 0.6 is 0 Å². The molecule has 2 rings (SSSR count). The van der Waals surface area contributed by atoms with E-state index in [1.54, 1.807) is 6.20 Å². The van der Waals surface area contributed by atoms with E-state index in [-0.39, 0.29) is 0 Å². The molecule has 0 aliphatic rings. The zero-order valence-electron chi connectivity index (χ0n) is 7.99. The monoisotopic (exact) mass is 188 g/mol. The van der Waals surface area contributed by atoms with Crippen molar-refractivity contribution in [3.63, 3.8) is 0 Å². The standard InChI is InChI=1S/C10H12N4/c1-6-2-8-9(14-10(6)12)3-7(4-11)5-13-8/h2-3,5H,4,11H2,1H3,(H2,12,14). The highest BCUT2D eigenvalue weighted by Crippen LogP contribution is 2.16. The number of aryl methyl sites for hydroxylation is 1. The third-order valence-corrected chi connectivity index (χ3v) is 2.19. The SMILES string of the molecule is Cc1cc2ncc(CN)cc2nc1N. The van der Waals surface area contributed by atoms with E-state index >= 15 is 0 Å². The van der Waals surface area contributed by atoms with Crippen molar-refractivity contribution < 1.29 is 0 Å². The highest BCUT2D eigenvalue weighted by Gasteiger charge is 2.01. The lowest BCUT2D eigenvalue weighted by molar-refractivity contribution is 1.05. The number of nitrogens with zero attached hydrogens (tertiary/aromatic N) is 2. The Morgan fingerprint density at radius 1 is 1.29 bits per heavy atom. The maximum absolute atomic E-state index is 5.71. The van der Waals surface area contributed by atoms with Crippen molar-refractivity contribution in [3.05, 3.63) is 29.5 Å². The van der Waals surface area contributed by atoms with Crippen molar-refractivity contribution >= 4 is 16.9 Å². The Morgan fingerprint density at radius 2 is 2.07 bits per heavy atom. The molecule has 4 nitrogen and oxygen atoms in total. The summed E-state index contributed by atoms with van der Waals surface area (Å²) in [4.78, 5) is 8.50. The highest BCUT2D eigenvalue weighted by molar-refractivity contribution is 5.77. The molecular weight excluding hydrogens is 176 g/mol. The molecule has 0 radical (unpaired) electrons. The summed E-state index contributed by atoms with van der Waals surface area (Å²) in [6.07, 6.45) is 1.76. The number of nitrogens with two attached hydrogens (primary N) is 2. The van der Waals surface area contributed by atoms with Crippen LogP contribution in [0.2, 0.25) is 0 Å². The van der Waals surface area contributed by atoms with Crippen LogP contribution in [0.5, 0.6) is 0 Å². The topological polar surface area (TPSA) is 77.8 Å². The van der Waals surface area contributed by atoms with Gasteiger partial charge in [0.15, 0.2) is 0 Å². The van der Waals surface area contributed by atoms with Crippen molar-refractivity contribution in [2.75, 3.05) is 5.73 Å². The predicted molar refractivity (Wildman–Crippen MR) is 56.6 cm³/mol. The zero-order chi connectivity index (χ0) is 10.1. The molecule has 2 heterocycles. The molecule has 4 heteroatoms. The first-order valence-electron chi connectivity index (χ1n) is 4.42. The van der Waals surface area contributed by atoms with Crippen molar-refractivity contribution in [2.24, 2.45) is 5.73 Å². The molecule has 0 aliphatic carbocycles. The van der Waals surface area contributed by atoms with E-state index in [4.69, 9.17) is 11.5 Å². The van der Waals surface area contributed by atoms with Gasteiger partial charge in [-0.15, -0.1) is 0 Å². The van der Waals surface area contributed by atoms with Gasteiger partial charge < -0.3 is 11.5 Å². The fourth-order valence-electron chi connectivity index (χ4n) is 1.31. The Morgan fingerprint density at radius 3 is 2.79 bits per heavy atom. The summed E-state index contributed by atoms with van der Waals surface area (Å²) < 4.78 is 0. The van der Waals surface area contributed by atoms with E-state index in [2.05, 4.69) is 9.97 Å². The minimum Gasteiger partial charge on any atom is -0.383 e. The number of pyridine rings is 2. The third kappa shape index (κ3) is 1.40. The van der Waals surface area contributed by atoms with Crippen LogP contribution in [0.15, 0.2) is 18.3 Å². The first-order chi connectivity index (χ1) is 6.70. The molecule has 72 valence electrons. The molecule has 4 N–H and O–H groups in total. The lowest BCUT2D eigenvalue weighted by Crippen LogP contribution is -1.99. The molecule has 0 fully saturated rings. The summed E-state index contributed by atoms with van der Waals surface area (Å²) in [5.74, 6) is 0.550. The molecule has 0 saturated heterocycles. The fourth-order valence-corrected chi connectivity index (χ4v) is 1.31. The minimum absolute atomic E-state index is 0.471. The van der Waals surface area contributed by atoms with E-state index < -0.39 is 0 Å². The fraction of sp³-hybridized carbons (Fsp3) is 0.200. The van der Waals surface area contributed by atoms with Gasteiger partial charge in [0.05, 0.1) is 11.0 Å². The molecular formula is C10H12N4. The molecule has 0 unspecified atom stereocenters. The van der Waals surface area contributed by atoms with Gasteiger partial charge in [-0.25, -0.2) is 4.98 Å². The summed E-state index contributed by atoms with van der Waals surface area (Å²) in [5, 5.41) is 0. The van der Waals surface area contributed by atoms with Gasteiger partial charge in [0, 0.05) is 12.7 Å². The van der Waals surface area contributed by atoms with Crippen LogP contribution in [0, 0.1) is 6.92 Å². The van der Waals surface area contributed by atoms with Gasteiger partial charge in [-0.05, 0) is 30.2 Å². The molecule has 14 heavy (non-hydrogen) atoms. The van der Waals surface area contributed by atoms with Gasteiger partial charge in [0.25, 0.3) is 0 Å². The van der Waals surface area contributed by atoms with E-state index in [1.807, 2.05) is 19.1 Å². The van der Waals surface area contributed by atoms with Crippen LogP contribution in [-0.2, 0) is 6.54 Å². The second kappa shape index (κ2) is 3.23. The smallest absolute Gasteiger partial charge is 0.127 e. The number of hydrogen-bond acceptors (Lipinski definition) is 4. The van der Waals surface area contributed by atoms with Crippen molar-refractivity contribution in [3.8, 4) is 0 Å². The largest absolute Gasteiger partial charge is 0.383 e. The number of hydrogen-bond donors (Lipinski definition) is 2. The van der Waals surface area contributed by atoms with Gasteiger partial charge >= 0.3 is 0 Å².